The molecule has 1 fully saturated rings. The van der Waals surface area contributed by atoms with Gasteiger partial charge < -0.3 is 20.9 Å². The zero-order chi connectivity index (χ0) is 13.7. The van der Waals surface area contributed by atoms with E-state index in [1.807, 2.05) is 6.92 Å². The first kappa shape index (κ1) is 13.8. The largest absolute Gasteiger partial charge is 0.464 e. The molecule has 7 nitrogen and oxygen atoms in total. The smallest absolute Gasteiger partial charge is 0.323 e. The van der Waals surface area contributed by atoms with Gasteiger partial charge >= 0.3 is 6.01 Å². The van der Waals surface area contributed by atoms with Crippen LogP contribution in [0.1, 0.15) is 32.6 Å². The summed E-state index contributed by atoms with van der Waals surface area (Å²) in [6, 6.07) is 0.224. The fourth-order valence-electron chi connectivity index (χ4n) is 2.29. The zero-order valence-corrected chi connectivity index (χ0v) is 11.2. The summed E-state index contributed by atoms with van der Waals surface area (Å²) in [7, 11) is 0. The lowest BCUT2D eigenvalue weighted by atomic mass is 9.86. The van der Waals surface area contributed by atoms with Gasteiger partial charge in [-0.3, -0.25) is 0 Å². The molecule has 0 spiro atoms. The highest BCUT2D eigenvalue weighted by Crippen LogP contribution is 2.24. The normalized spacial score (nSPS) is 23.1. The molecule has 1 heterocycles. The maximum atomic E-state index is 9.90. The maximum absolute atomic E-state index is 9.90. The van der Waals surface area contributed by atoms with Crippen LogP contribution in [-0.2, 0) is 0 Å². The number of aliphatic hydroxyl groups excluding tert-OH is 1. The molecule has 2 unspecified atom stereocenters. The third kappa shape index (κ3) is 3.92. The molecule has 0 radical (unpaired) electrons. The highest BCUT2D eigenvalue weighted by atomic mass is 16.5. The van der Waals surface area contributed by atoms with Gasteiger partial charge in [0, 0.05) is 12.5 Å². The maximum Gasteiger partial charge on any atom is 0.323 e. The van der Waals surface area contributed by atoms with Crippen molar-refractivity contribution in [2.24, 2.45) is 5.92 Å². The summed E-state index contributed by atoms with van der Waals surface area (Å²) in [5, 5.41) is 13.0. The lowest BCUT2D eigenvalue weighted by molar-refractivity contribution is 0.0762. The van der Waals surface area contributed by atoms with Crippen molar-refractivity contribution in [1.29, 1.82) is 0 Å². The van der Waals surface area contributed by atoms with Gasteiger partial charge in [-0.05, 0) is 19.8 Å². The number of nitrogens with zero attached hydrogens (tertiary/aromatic N) is 3. The van der Waals surface area contributed by atoms with Gasteiger partial charge in [-0.15, -0.1) is 0 Å². The van der Waals surface area contributed by atoms with Gasteiger partial charge in [-0.1, -0.05) is 12.8 Å². The molecule has 0 bridgehead atoms. The van der Waals surface area contributed by atoms with Crippen molar-refractivity contribution in [3.8, 4) is 6.01 Å². The molecule has 1 aliphatic rings. The molecule has 0 aromatic carbocycles. The Kier molecular flexibility index (Phi) is 4.73. The number of anilines is 2. The third-order valence-corrected chi connectivity index (χ3v) is 3.30. The van der Waals surface area contributed by atoms with Crippen LogP contribution in [0.15, 0.2) is 0 Å². The van der Waals surface area contributed by atoms with Gasteiger partial charge in [-0.25, -0.2) is 0 Å². The van der Waals surface area contributed by atoms with Crippen LogP contribution in [0, 0.1) is 5.92 Å². The number of nitrogen functional groups attached to an aromatic ring is 1. The molecule has 1 aliphatic carbocycles. The molecule has 0 saturated heterocycles. The second-order valence-corrected chi connectivity index (χ2v) is 4.73. The molecule has 1 aromatic rings. The first-order valence-corrected chi connectivity index (χ1v) is 6.75. The van der Waals surface area contributed by atoms with E-state index in [4.69, 9.17) is 10.5 Å². The van der Waals surface area contributed by atoms with E-state index in [0.717, 1.165) is 25.7 Å². The Morgan fingerprint density at radius 1 is 1.32 bits per heavy atom. The minimum Gasteiger partial charge on any atom is -0.464 e. The number of nitrogens with two attached hydrogens (primary N) is 1. The Morgan fingerprint density at radius 3 is 2.84 bits per heavy atom. The Bertz CT molecular complexity index is 415. The predicted octanol–water partition coefficient (Wildman–Crippen LogP) is 0.815. The van der Waals surface area contributed by atoms with Gasteiger partial charge in [0.1, 0.15) is 0 Å². The Hall–Kier alpha value is -1.63. The van der Waals surface area contributed by atoms with E-state index < -0.39 is 0 Å². The summed E-state index contributed by atoms with van der Waals surface area (Å²) >= 11 is 0. The molecule has 1 saturated carbocycles. The van der Waals surface area contributed by atoms with Crippen LogP contribution in [0.3, 0.4) is 0 Å². The number of ether oxygens (including phenoxy) is 1. The van der Waals surface area contributed by atoms with Crippen LogP contribution in [0.4, 0.5) is 11.9 Å². The molecule has 2 atom stereocenters. The van der Waals surface area contributed by atoms with Crippen molar-refractivity contribution >= 4 is 11.9 Å². The van der Waals surface area contributed by atoms with Crippen LogP contribution in [0.5, 0.6) is 6.01 Å². The van der Waals surface area contributed by atoms with E-state index >= 15 is 0 Å². The highest BCUT2D eigenvalue weighted by molar-refractivity contribution is 5.32. The summed E-state index contributed by atoms with van der Waals surface area (Å²) in [5.74, 6) is 0.765. The molecule has 19 heavy (non-hydrogen) atoms. The van der Waals surface area contributed by atoms with E-state index in [9.17, 15) is 5.11 Å². The van der Waals surface area contributed by atoms with Gasteiger partial charge in [0.05, 0.1) is 12.7 Å². The lowest BCUT2D eigenvalue weighted by Gasteiger charge is -2.27. The van der Waals surface area contributed by atoms with Crippen LogP contribution < -0.4 is 15.8 Å². The average molecular weight is 267 g/mol. The van der Waals surface area contributed by atoms with Crippen molar-refractivity contribution in [3.63, 3.8) is 0 Å². The predicted molar refractivity (Wildman–Crippen MR) is 71.9 cm³/mol. The monoisotopic (exact) mass is 267 g/mol. The van der Waals surface area contributed by atoms with E-state index in [-0.39, 0.29) is 24.0 Å². The second-order valence-electron chi connectivity index (χ2n) is 4.73. The van der Waals surface area contributed by atoms with Gasteiger partial charge in [-0.2, -0.15) is 15.0 Å². The Morgan fingerprint density at radius 2 is 2.11 bits per heavy atom. The SMILES string of the molecule is CCOc1nc(N)nc(NCC2CCCCC2O)n1. The van der Waals surface area contributed by atoms with Crippen LogP contribution >= 0.6 is 0 Å². The number of hydrogen-bond acceptors (Lipinski definition) is 7. The van der Waals surface area contributed by atoms with E-state index in [1.54, 1.807) is 0 Å². The average Bonchev–Trinajstić information content (AvgIpc) is 2.37. The third-order valence-electron chi connectivity index (χ3n) is 3.30. The number of nitrogens with one attached hydrogen (secondary N) is 1. The summed E-state index contributed by atoms with van der Waals surface area (Å²) in [6.07, 6.45) is 3.91. The molecule has 7 heteroatoms. The summed E-state index contributed by atoms with van der Waals surface area (Å²) in [5.41, 5.74) is 5.59. The van der Waals surface area contributed by atoms with Gasteiger partial charge in [0.15, 0.2) is 0 Å². The van der Waals surface area contributed by atoms with Crippen molar-refractivity contribution in [2.45, 2.75) is 38.7 Å². The lowest BCUT2D eigenvalue weighted by Crippen LogP contribution is -2.30. The molecule has 0 amide bonds. The number of aromatic nitrogens is 3. The van der Waals surface area contributed by atoms with E-state index in [2.05, 4.69) is 20.3 Å². The van der Waals surface area contributed by atoms with E-state index in [1.165, 1.54) is 0 Å². The van der Waals surface area contributed by atoms with Crippen LogP contribution in [0.25, 0.3) is 0 Å². The fraction of sp³-hybridized carbons (Fsp3) is 0.750. The molecular formula is C12H21N5O2. The number of rotatable bonds is 5. The highest BCUT2D eigenvalue weighted by Gasteiger charge is 2.23. The number of aliphatic hydroxyl groups is 1. The van der Waals surface area contributed by atoms with Crippen LogP contribution in [-0.4, -0.2) is 39.3 Å². The molecule has 0 aliphatic heterocycles. The fourth-order valence-corrected chi connectivity index (χ4v) is 2.29. The molecular weight excluding hydrogens is 246 g/mol. The quantitative estimate of drug-likeness (QED) is 0.725. The molecule has 2 rings (SSSR count). The Balaban J connectivity index is 1.94. The van der Waals surface area contributed by atoms with Crippen molar-refractivity contribution in [3.05, 3.63) is 0 Å². The molecule has 1 aromatic heterocycles. The van der Waals surface area contributed by atoms with Crippen molar-refractivity contribution < 1.29 is 9.84 Å². The second kappa shape index (κ2) is 6.51. The van der Waals surface area contributed by atoms with Crippen LogP contribution in [0.2, 0.25) is 0 Å². The van der Waals surface area contributed by atoms with Gasteiger partial charge in [0.2, 0.25) is 11.9 Å². The minimum absolute atomic E-state index is 0.130. The van der Waals surface area contributed by atoms with Gasteiger partial charge in [0.25, 0.3) is 0 Å². The standard InChI is InChI=1S/C12H21N5O2/c1-2-19-12-16-10(13)15-11(17-12)14-7-8-5-3-4-6-9(8)18/h8-9,18H,2-7H2,1H3,(H3,13,14,15,16,17). The molecule has 4 N–H and O–H groups in total. The van der Waals surface area contributed by atoms with E-state index in [0.29, 0.717) is 19.1 Å². The summed E-state index contributed by atoms with van der Waals surface area (Å²) < 4.78 is 5.21. The summed E-state index contributed by atoms with van der Waals surface area (Å²) in [6.45, 7) is 2.96. The molecule has 106 valence electrons. The number of hydrogen-bond donors (Lipinski definition) is 3. The Labute approximate surface area is 112 Å². The summed E-state index contributed by atoms with van der Waals surface area (Å²) in [4.78, 5) is 12.0. The van der Waals surface area contributed by atoms with Crippen molar-refractivity contribution in [1.82, 2.24) is 15.0 Å². The minimum atomic E-state index is -0.244. The zero-order valence-electron chi connectivity index (χ0n) is 11.2. The first-order chi connectivity index (χ1) is 9.19. The topological polar surface area (TPSA) is 106 Å². The van der Waals surface area contributed by atoms with Crippen molar-refractivity contribution in [2.75, 3.05) is 24.2 Å². The first-order valence-electron chi connectivity index (χ1n) is 6.75.